The van der Waals surface area contributed by atoms with Crippen LogP contribution in [0.2, 0.25) is 0 Å². The summed E-state index contributed by atoms with van der Waals surface area (Å²) < 4.78 is 5.46. The topological polar surface area (TPSA) is 85.9 Å². The first-order valence-corrected chi connectivity index (χ1v) is 13.6. The molecule has 38 heavy (non-hydrogen) atoms. The van der Waals surface area contributed by atoms with Gasteiger partial charge in [-0.3, -0.25) is 9.69 Å². The van der Waals surface area contributed by atoms with Gasteiger partial charge in [-0.15, -0.1) is 0 Å². The van der Waals surface area contributed by atoms with Gasteiger partial charge in [0.1, 0.15) is 5.75 Å². The minimum atomic E-state index is -0.0140. The maximum Gasteiger partial charge on any atom is 0.238 e. The summed E-state index contributed by atoms with van der Waals surface area (Å²) in [5.74, 6) is 1.28. The molecule has 0 radical (unpaired) electrons. The van der Waals surface area contributed by atoms with E-state index in [1.54, 1.807) is 20.4 Å². The van der Waals surface area contributed by atoms with Gasteiger partial charge in [0.15, 0.2) is 0 Å². The molecule has 0 bridgehead atoms. The molecule has 1 saturated heterocycles. The summed E-state index contributed by atoms with van der Waals surface area (Å²) >= 11 is 0. The highest BCUT2D eigenvalue weighted by atomic mass is 16.5. The van der Waals surface area contributed by atoms with E-state index in [1.165, 1.54) is 6.42 Å². The Morgan fingerprint density at radius 3 is 2.53 bits per heavy atom. The molecule has 1 fully saturated rings. The quantitative estimate of drug-likeness (QED) is 0.375. The molecule has 0 atom stereocenters. The van der Waals surface area contributed by atoms with E-state index in [1.807, 2.05) is 30.3 Å². The molecule has 0 unspecified atom stereocenters. The zero-order valence-corrected chi connectivity index (χ0v) is 23.2. The van der Waals surface area contributed by atoms with Crippen molar-refractivity contribution >= 4 is 28.3 Å². The lowest BCUT2D eigenvalue weighted by Crippen LogP contribution is -2.49. The van der Waals surface area contributed by atoms with Gasteiger partial charge in [0.05, 0.1) is 19.3 Å². The normalized spacial score (nSPS) is 14.7. The number of benzene rings is 2. The van der Waals surface area contributed by atoms with E-state index in [0.29, 0.717) is 12.5 Å². The van der Waals surface area contributed by atoms with Gasteiger partial charge in [-0.25, -0.2) is 9.97 Å². The van der Waals surface area contributed by atoms with Crippen LogP contribution in [0.25, 0.3) is 22.0 Å². The molecule has 204 valence electrons. The van der Waals surface area contributed by atoms with Crippen LogP contribution in [0, 0.1) is 0 Å². The second kappa shape index (κ2) is 13.5. The standard InChI is InChI=1S/C29H41N7O2/c1-5-34(6-2)12-7-13-35-14-16-36(17-15-35)21-28(37)32-27-19-23(26-10-11-31-29(30-3)33-26)18-22-8-9-24(38-4)20-25(22)27/h8-11,18-20H,5-7,12-17,21H2,1-4H3,(H,32,37)(H,30,31,33). The monoisotopic (exact) mass is 519 g/mol. The second-order valence-corrected chi connectivity index (χ2v) is 9.67. The smallest absolute Gasteiger partial charge is 0.238 e. The number of carbonyl (C=O) groups is 1. The highest BCUT2D eigenvalue weighted by Crippen LogP contribution is 2.33. The van der Waals surface area contributed by atoms with E-state index in [9.17, 15) is 4.79 Å². The van der Waals surface area contributed by atoms with Crippen LogP contribution in [0.3, 0.4) is 0 Å². The van der Waals surface area contributed by atoms with Crippen LogP contribution in [0.15, 0.2) is 42.6 Å². The van der Waals surface area contributed by atoms with Gasteiger partial charge in [-0.2, -0.15) is 0 Å². The van der Waals surface area contributed by atoms with Crippen molar-refractivity contribution in [3.05, 3.63) is 42.6 Å². The molecule has 1 aliphatic heterocycles. The summed E-state index contributed by atoms with van der Waals surface area (Å²) in [6.45, 7) is 13.1. The van der Waals surface area contributed by atoms with Crippen molar-refractivity contribution in [3.63, 3.8) is 0 Å². The van der Waals surface area contributed by atoms with Crippen molar-refractivity contribution in [2.24, 2.45) is 0 Å². The Balaban J connectivity index is 1.42. The van der Waals surface area contributed by atoms with Crippen LogP contribution in [0.4, 0.5) is 11.6 Å². The fourth-order valence-corrected chi connectivity index (χ4v) is 4.98. The molecular weight excluding hydrogens is 478 g/mol. The van der Waals surface area contributed by atoms with Crippen molar-refractivity contribution in [2.75, 3.05) is 83.7 Å². The van der Waals surface area contributed by atoms with Gasteiger partial charge in [0.2, 0.25) is 11.9 Å². The van der Waals surface area contributed by atoms with Crippen molar-refractivity contribution in [2.45, 2.75) is 20.3 Å². The van der Waals surface area contributed by atoms with Crippen LogP contribution in [-0.2, 0) is 4.79 Å². The average Bonchev–Trinajstić information content (AvgIpc) is 2.96. The first kappa shape index (κ1) is 27.8. The molecule has 9 nitrogen and oxygen atoms in total. The Hall–Kier alpha value is -3.27. The Kier molecular flexibility index (Phi) is 9.86. The largest absolute Gasteiger partial charge is 0.497 e. The number of amides is 1. The number of ether oxygens (including phenoxy) is 1. The lowest BCUT2D eigenvalue weighted by atomic mass is 10.0. The number of methoxy groups -OCH3 is 1. The van der Waals surface area contributed by atoms with Crippen LogP contribution < -0.4 is 15.4 Å². The predicted octanol–water partition coefficient (Wildman–Crippen LogP) is 3.64. The molecule has 1 amide bonds. The van der Waals surface area contributed by atoms with Crippen molar-refractivity contribution in [3.8, 4) is 17.0 Å². The number of nitrogens with zero attached hydrogens (tertiary/aromatic N) is 5. The Morgan fingerprint density at radius 2 is 1.82 bits per heavy atom. The van der Waals surface area contributed by atoms with Gasteiger partial charge in [-0.1, -0.05) is 19.9 Å². The summed E-state index contributed by atoms with van der Waals surface area (Å²) in [5, 5.41) is 8.10. The zero-order valence-electron chi connectivity index (χ0n) is 23.2. The van der Waals surface area contributed by atoms with E-state index in [4.69, 9.17) is 4.74 Å². The average molecular weight is 520 g/mol. The molecule has 0 saturated carbocycles. The summed E-state index contributed by atoms with van der Waals surface area (Å²) in [6.07, 6.45) is 2.92. The molecule has 1 aromatic heterocycles. The van der Waals surface area contributed by atoms with Gasteiger partial charge in [0.25, 0.3) is 0 Å². The molecule has 0 aliphatic carbocycles. The number of piperazine rings is 1. The first-order valence-electron chi connectivity index (χ1n) is 13.6. The zero-order chi connectivity index (χ0) is 26.9. The molecule has 4 rings (SSSR count). The highest BCUT2D eigenvalue weighted by Gasteiger charge is 2.20. The number of hydrogen-bond donors (Lipinski definition) is 2. The van der Waals surface area contributed by atoms with Crippen molar-refractivity contribution in [1.82, 2.24) is 24.7 Å². The van der Waals surface area contributed by atoms with E-state index in [2.05, 4.69) is 55.2 Å². The molecule has 1 aliphatic rings. The predicted molar refractivity (Wildman–Crippen MR) is 155 cm³/mol. The molecule has 2 heterocycles. The fourth-order valence-electron chi connectivity index (χ4n) is 4.98. The van der Waals surface area contributed by atoms with Crippen molar-refractivity contribution < 1.29 is 9.53 Å². The maximum atomic E-state index is 13.2. The van der Waals surface area contributed by atoms with E-state index in [0.717, 1.165) is 85.8 Å². The van der Waals surface area contributed by atoms with Gasteiger partial charge in [-0.05, 0) is 68.3 Å². The van der Waals surface area contributed by atoms with Crippen LogP contribution in [-0.4, -0.2) is 104 Å². The first-order chi connectivity index (χ1) is 18.5. The minimum Gasteiger partial charge on any atom is -0.497 e. The van der Waals surface area contributed by atoms with Gasteiger partial charge >= 0.3 is 0 Å². The Labute approximate surface area is 226 Å². The summed E-state index contributed by atoms with van der Waals surface area (Å²) in [5.41, 5.74) is 2.45. The van der Waals surface area contributed by atoms with Gasteiger partial charge in [0, 0.05) is 56.1 Å². The van der Waals surface area contributed by atoms with Gasteiger partial charge < -0.3 is 25.2 Å². The lowest BCUT2D eigenvalue weighted by molar-refractivity contribution is -0.117. The fraction of sp³-hybridized carbons (Fsp3) is 0.483. The van der Waals surface area contributed by atoms with E-state index >= 15 is 0 Å². The SMILES string of the molecule is CCN(CC)CCCN1CCN(CC(=O)Nc2cc(-c3ccnc(NC)n3)cc3ccc(OC)cc23)CC1. The summed E-state index contributed by atoms with van der Waals surface area (Å²) in [7, 11) is 3.45. The summed E-state index contributed by atoms with van der Waals surface area (Å²) in [4.78, 5) is 29.2. The number of hydrogen-bond acceptors (Lipinski definition) is 8. The molecule has 0 spiro atoms. The van der Waals surface area contributed by atoms with Crippen LogP contribution in [0.1, 0.15) is 20.3 Å². The van der Waals surface area contributed by atoms with E-state index < -0.39 is 0 Å². The number of carbonyl (C=O) groups excluding carboxylic acids is 1. The molecule has 2 N–H and O–H groups in total. The number of rotatable bonds is 12. The van der Waals surface area contributed by atoms with Crippen LogP contribution in [0.5, 0.6) is 5.75 Å². The Bertz CT molecular complexity index is 1210. The number of aromatic nitrogens is 2. The lowest BCUT2D eigenvalue weighted by Gasteiger charge is -2.34. The molecule has 9 heteroatoms. The number of nitrogens with one attached hydrogen (secondary N) is 2. The third-order valence-corrected chi connectivity index (χ3v) is 7.29. The summed E-state index contributed by atoms with van der Waals surface area (Å²) in [6, 6.07) is 11.8. The highest BCUT2D eigenvalue weighted by molar-refractivity contribution is 6.05. The molecule has 3 aromatic rings. The Morgan fingerprint density at radius 1 is 1.05 bits per heavy atom. The van der Waals surface area contributed by atoms with E-state index in [-0.39, 0.29) is 5.91 Å². The maximum absolute atomic E-state index is 13.2. The number of anilines is 2. The van der Waals surface area contributed by atoms with Crippen LogP contribution >= 0.6 is 0 Å². The number of fused-ring (bicyclic) bond motifs is 1. The molecule has 2 aromatic carbocycles. The van der Waals surface area contributed by atoms with Crippen molar-refractivity contribution in [1.29, 1.82) is 0 Å². The molecular formula is C29H41N7O2. The third kappa shape index (κ3) is 7.18. The third-order valence-electron chi connectivity index (χ3n) is 7.29. The minimum absolute atomic E-state index is 0.0140. The second-order valence-electron chi connectivity index (χ2n) is 9.67.